The minimum Gasteiger partial charge on any atom is -0.436 e. The van der Waals surface area contributed by atoms with Crippen LogP contribution in [0.3, 0.4) is 0 Å². The van der Waals surface area contributed by atoms with Gasteiger partial charge in [0.2, 0.25) is 0 Å². The Hall–Kier alpha value is -2.49. The summed E-state index contributed by atoms with van der Waals surface area (Å²) in [6, 6.07) is 14.6. The number of hydrogen-bond acceptors (Lipinski definition) is 3. The first-order chi connectivity index (χ1) is 8.84. The summed E-state index contributed by atoms with van der Waals surface area (Å²) < 4.78 is 11.3. The normalized spacial score (nSPS) is 19.4. The average Bonchev–Trinajstić information content (AvgIpc) is 2.77. The summed E-state index contributed by atoms with van der Waals surface area (Å²) in [6.45, 7) is 0. The third-order valence-electron chi connectivity index (χ3n) is 3.13. The molecular formula is C14H9NO3. The number of hydrogen-bond donors (Lipinski definition) is 0. The average molecular weight is 239 g/mol. The highest BCUT2D eigenvalue weighted by atomic mass is 16.7. The first kappa shape index (κ1) is 9.53. The van der Waals surface area contributed by atoms with Crippen LogP contribution in [0.25, 0.3) is 0 Å². The van der Waals surface area contributed by atoms with Crippen molar-refractivity contribution < 1.29 is 14.3 Å². The van der Waals surface area contributed by atoms with Crippen LogP contribution in [0.4, 0.5) is 5.69 Å². The molecule has 0 fully saturated rings. The van der Waals surface area contributed by atoms with Crippen molar-refractivity contribution in [3.05, 3.63) is 54.1 Å². The highest BCUT2D eigenvalue weighted by Crippen LogP contribution is 2.41. The standard InChI is InChI=1S/C14H9NO3/c16-13-9-5-1-3-7-11(9)17-14-15(13)10-6-2-4-8-12(10)18-14/h1-8,14H. The van der Waals surface area contributed by atoms with Gasteiger partial charge in [-0.3, -0.25) is 4.79 Å². The van der Waals surface area contributed by atoms with Gasteiger partial charge in [-0.15, -0.1) is 0 Å². The molecule has 0 saturated heterocycles. The minimum atomic E-state index is -0.690. The lowest BCUT2D eigenvalue weighted by Crippen LogP contribution is -2.47. The molecule has 2 aliphatic rings. The van der Waals surface area contributed by atoms with Gasteiger partial charge in [0.15, 0.2) is 0 Å². The Morgan fingerprint density at radius 1 is 0.889 bits per heavy atom. The zero-order valence-electron chi connectivity index (χ0n) is 9.37. The van der Waals surface area contributed by atoms with E-state index in [4.69, 9.17) is 9.47 Å². The molecule has 0 aliphatic carbocycles. The fourth-order valence-electron chi connectivity index (χ4n) is 2.30. The fourth-order valence-corrected chi connectivity index (χ4v) is 2.30. The van der Waals surface area contributed by atoms with Gasteiger partial charge in [-0.1, -0.05) is 24.3 Å². The summed E-state index contributed by atoms with van der Waals surface area (Å²) in [5.74, 6) is 1.15. The van der Waals surface area contributed by atoms with Crippen molar-refractivity contribution in [3.63, 3.8) is 0 Å². The van der Waals surface area contributed by atoms with Crippen LogP contribution in [0.15, 0.2) is 48.5 Å². The first-order valence-electron chi connectivity index (χ1n) is 5.69. The number of ether oxygens (including phenoxy) is 2. The Bertz CT molecular complexity index is 653. The SMILES string of the molecule is O=C1c2ccccc2OC2Oc3ccccc3N12. The van der Waals surface area contributed by atoms with Crippen molar-refractivity contribution in [2.45, 2.75) is 6.41 Å². The van der Waals surface area contributed by atoms with E-state index in [9.17, 15) is 4.79 Å². The molecule has 4 heteroatoms. The smallest absolute Gasteiger partial charge is 0.334 e. The van der Waals surface area contributed by atoms with E-state index in [1.807, 2.05) is 36.4 Å². The highest BCUT2D eigenvalue weighted by molar-refractivity contribution is 6.10. The number of carbonyl (C=O) groups is 1. The number of benzene rings is 2. The minimum absolute atomic E-state index is 0.0909. The summed E-state index contributed by atoms with van der Waals surface area (Å²) in [4.78, 5) is 14.0. The predicted octanol–water partition coefficient (Wildman–Crippen LogP) is 2.40. The van der Waals surface area contributed by atoms with Gasteiger partial charge in [-0.25, -0.2) is 4.90 Å². The van der Waals surface area contributed by atoms with E-state index in [1.165, 1.54) is 4.90 Å². The molecule has 0 spiro atoms. The van der Waals surface area contributed by atoms with E-state index in [0.717, 1.165) is 5.69 Å². The largest absolute Gasteiger partial charge is 0.436 e. The van der Waals surface area contributed by atoms with Crippen molar-refractivity contribution in [3.8, 4) is 11.5 Å². The lowest BCUT2D eigenvalue weighted by atomic mass is 10.1. The van der Waals surface area contributed by atoms with Gasteiger partial charge < -0.3 is 9.47 Å². The van der Waals surface area contributed by atoms with Crippen LogP contribution in [0.2, 0.25) is 0 Å². The molecule has 0 N–H and O–H groups in total. The van der Waals surface area contributed by atoms with Crippen LogP contribution in [-0.4, -0.2) is 12.3 Å². The molecule has 2 heterocycles. The van der Waals surface area contributed by atoms with Crippen molar-refractivity contribution in [1.82, 2.24) is 0 Å². The first-order valence-corrected chi connectivity index (χ1v) is 5.69. The Labute approximate surface area is 103 Å². The fraction of sp³-hybridized carbons (Fsp3) is 0.0714. The Morgan fingerprint density at radius 2 is 1.56 bits per heavy atom. The van der Waals surface area contributed by atoms with Crippen molar-refractivity contribution in [1.29, 1.82) is 0 Å². The summed E-state index contributed by atoms with van der Waals surface area (Å²) in [5, 5.41) is 0. The molecule has 0 bridgehead atoms. The van der Waals surface area contributed by atoms with Crippen molar-refractivity contribution in [2.24, 2.45) is 0 Å². The molecule has 0 saturated carbocycles. The second-order valence-electron chi connectivity index (χ2n) is 4.18. The summed E-state index contributed by atoms with van der Waals surface area (Å²) >= 11 is 0. The topological polar surface area (TPSA) is 38.8 Å². The van der Waals surface area contributed by atoms with Crippen LogP contribution in [-0.2, 0) is 0 Å². The lowest BCUT2D eigenvalue weighted by Gasteiger charge is -2.29. The quantitative estimate of drug-likeness (QED) is 0.708. The molecular weight excluding hydrogens is 230 g/mol. The van der Waals surface area contributed by atoms with Crippen LogP contribution in [0, 0.1) is 0 Å². The molecule has 18 heavy (non-hydrogen) atoms. The summed E-state index contributed by atoms with van der Waals surface area (Å²) in [7, 11) is 0. The zero-order valence-corrected chi connectivity index (χ0v) is 9.37. The molecule has 2 aromatic rings. The second-order valence-corrected chi connectivity index (χ2v) is 4.18. The third kappa shape index (κ3) is 1.12. The van der Waals surface area contributed by atoms with E-state index in [0.29, 0.717) is 17.1 Å². The predicted molar refractivity (Wildman–Crippen MR) is 64.7 cm³/mol. The van der Waals surface area contributed by atoms with Crippen LogP contribution < -0.4 is 14.4 Å². The van der Waals surface area contributed by atoms with Gasteiger partial charge in [-0.05, 0) is 24.3 Å². The Balaban J connectivity index is 1.88. The van der Waals surface area contributed by atoms with Gasteiger partial charge in [0.05, 0.1) is 11.3 Å². The van der Waals surface area contributed by atoms with Gasteiger partial charge in [-0.2, -0.15) is 0 Å². The molecule has 0 radical (unpaired) electrons. The highest BCUT2D eigenvalue weighted by Gasteiger charge is 2.42. The second kappa shape index (κ2) is 3.26. The molecule has 2 aliphatic heterocycles. The van der Waals surface area contributed by atoms with Crippen LogP contribution >= 0.6 is 0 Å². The third-order valence-corrected chi connectivity index (χ3v) is 3.13. The molecule has 2 aromatic carbocycles. The van der Waals surface area contributed by atoms with Crippen LogP contribution in [0.1, 0.15) is 10.4 Å². The maximum Gasteiger partial charge on any atom is 0.334 e. The van der Waals surface area contributed by atoms with E-state index in [2.05, 4.69) is 0 Å². The van der Waals surface area contributed by atoms with E-state index >= 15 is 0 Å². The van der Waals surface area contributed by atoms with Gasteiger partial charge in [0.1, 0.15) is 11.5 Å². The Morgan fingerprint density at radius 3 is 2.44 bits per heavy atom. The number of anilines is 1. The lowest BCUT2D eigenvalue weighted by molar-refractivity contribution is 0.0122. The van der Waals surface area contributed by atoms with E-state index in [1.54, 1.807) is 12.1 Å². The number of carbonyl (C=O) groups excluding carboxylic acids is 1. The monoisotopic (exact) mass is 239 g/mol. The maximum absolute atomic E-state index is 12.4. The molecule has 4 nitrogen and oxygen atoms in total. The van der Waals surface area contributed by atoms with Crippen molar-refractivity contribution in [2.75, 3.05) is 4.90 Å². The van der Waals surface area contributed by atoms with Gasteiger partial charge >= 0.3 is 6.41 Å². The molecule has 1 atom stereocenters. The molecule has 1 unspecified atom stereocenters. The maximum atomic E-state index is 12.4. The van der Waals surface area contributed by atoms with E-state index in [-0.39, 0.29) is 5.91 Å². The Kier molecular flexibility index (Phi) is 1.73. The molecule has 0 aromatic heterocycles. The summed E-state index contributed by atoms with van der Waals surface area (Å²) in [5.41, 5.74) is 1.32. The number of rotatable bonds is 0. The summed E-state index contributed by atoms with van der Waals surface area (Å²) in [6.07, 6.45) is -0.690. The van der Waals surface area contributed by atoms with Gasteiger partial charge in [0, 0.05) is 0 Å². The number of amides is 1. The van der Waals surface area contributed by atoms with E-state index < -0.39 is 6.41 Å². The van der Waals surface area contributed by atoms with Crippen LogP contribution in [0.5, 0.6) is 11.5 Å². The molecule has 1 amide bonds. The number of nitrogens with zero attached hydrogens (tertiary/aromatic N) is 1. The zero-order chi connectivity index (χ0) is 12.1. The number of fused-ring (bicyclic) bond motifs is 4. The molecule has 88 valence electrons. The van der Waals surface area contributed by atoms with Crippen molar-refractivity contribution >= 4 is 11.6 Å². The number of para-hydroxylation sites is 3. The van der Waals surface area contributed by atoms with Gasteiger partial charge in [0.25, 0.3) is 5.91 Å². The molecule has 4 rings (SSSR count).